The first-order chi connectivity index (χ1) is 9.66. The van der Waals surface area contributed by atoms with Crippen LogP contribution in [-0.4, -0.2) is 28.3 Å². The summed E-state index contributed by atoms with van der Waals surface area (Å²) in [6.45, 7) is 1.36. The second kappa shape index (κ2) is 5.52. The van der Waals surface area contributed by atoms with Crippen molar-refractivity contribution in [2.45, 2.75) is 24.9 Å². The molecular weight excluding hydrogens is 278 g/mol. The molecule has 1 aliphatic rings. The number of aromatic nitrogens is 2. The Morgan fingerprint density at radius 2 is 2.15 bits per heavy atom. The number of piperidine rings is 1. The SMILES string of the molecule is OC1(c2nc(Cc3ccc(Cl)cc3)no2)CCCNC1. The summed E-state index contributed by atoms with van der Waals surface area (Å²) < 4.78 is 5.23. The monoisotopic (exact) mass is 293 g/mol. The first-order valence-corrected chi connectivity index (χ1v) is 7.04. The van der Waals surface area contributed by atoms with Crippen molar-refractivity contribution < 1.29 is 9.63 Å². The highest BCUT2D eigenvalue weighted by atomic mass is 35.5. The minimum Gasteiger partial charge on any atom is -0.379 e. The van der Waals surface area contributed by atoms with E-state index in [1.165, 1.54) is 0 Å². The Balaban J connectivity index is 1.74. The van der Waals surface area contributed by atoms with Gasteiger partial charge in [-0.1, -0.05) is 28.9 Å². The Hall–Kier alpha value is -1.43. The van der Waals surface area contributed by atoms with Crippen LogP contribution in [0.25, 0.3) is 0 Å². The van der Waals surface area contributed by atoms with Gasteiger partial charge in [0.1, 0.15) is 0 Å². The first kappa shape index (κ1) is 13.5. The van der Waals surface area contributed by atoms with Gasteiger partial charge >= 0.3 is 0 Å². The molecule has 5 nitrogen and oxygen atoms in total. The maximum Gasteiger partial charge on any atom is 0.259 e. The van der Waals surface area contributed by atoms with Gasteiger partial charge in [-0.2, -0.15) is 4.98 Å². The molecule has 1 atom stereocenters. The van der Waals surface area contributed by atoms with Crippen LogP contribution in [-0.2, 0) is 12.0 Å². The van der Waals surface area contributed by atoms with Crippen molar-refractivity contribution in [2.75, 3.05) is 13.1 Å². The fraction of sp³-hybridized carbons (Fsp3) is 0.429. The summed E-state index contributed by atoms with van der Waals surface area (Å²) in [5.41, 5.74) is 0.0132. The van der Waals surface area contributed by atoms with Gasteiger partial charge in [0.05, 0.1) is 0 Å². The molecular formula is C14H16ClN3O2. The molecule has 0 amide bonds. The van der Waals surface area contributed by atoms with Crippen LogP contribution in [0.4, 0.5) is 0 Å². The Labute approximate surface area is 122 Å². The van der Waals surface area contributed by atoms with Gasteiger partial charge in [-0.15, -0.1) is 0 Å². The third-order valence-corrected chi connectivity index (χ3v) is 3.76. The standard InChI is InChI=1S/C14H16ClN3O2/c15-11-4-2-10(3-5-11)8-12-17-13(20-18-12)14(19)6-1-7-16-9-14/h2-5,16,19H,1,6-9H2. The molecule has 1 fully saturated rings. The molecule has 2 aromatic rings. The molecule has 0 bridgehead atoms. The largest absolute Gasteiger partial charge is 0.379 e. The van der Waals surface area contributed by atoms with Crippen LogP contribution in [0, 0.1) is 0 Å². The Kier molecular flexibility index (Phi) is 3.74. The lowest BCUT2D eigenvalue weighted by molar-refractivity contribution is -0.0167. The van der Waals surface area contributed by atoms with E-state index in [0.717, 1.165) is 18.5 Å². The first-order valence-electron chi connectivity index (χ1n) is 6.66. The maximum atomic E-state index is 10.5. The van der Waals surface area contributed by atoms with E-state index in [-0.39, 0.29) is 0 Å². The van der Waals surface area contributed by atoms with Crippen LogP contribution in [0.5, 0.6) is 0 Å². The molecule has 0 saturated carbocycles. The van der Waals surface area contributed by atoms with Crippen molar-refractivity contribution in [3.8, 4) is 0 Å². The number of nitrogens with one attached hydrogen (secondary N) is 1. The molecule has 1 unspecified atom stereocenters. The van der Waals surface area contributed by atoms with Crippen molar-refractivity contribution in [2.24, 2.45) is 0 Å². The average molecular weight is 294 g/mol. The van der Waals surface area contributed by atoms with Crippen LogP contribution in [0.3, 0.4) is 0 Å². The molecule has 1 aromatic carbocycles. The summed E-state index contributed by atoms with van der Waals surface area (Å²) in [5, 5.41) is 18.3. The molecule has 1 saturated heterocycles. The van der Waals surface area contributed by atoms with E-state index >= 15 is 0 Å². The minimum atomic E-state index is -1.04. The lowest BCUT2D eigenvalue weighted by Gasteiger charge is -2.28. The third-order valence-electron chi connectivity index (χ3n) is 3.50. The average Bonchev–Trinajstić information content (AvgIpc) is 2.92. The van der Waals surface area contributed by atoms with Crippen molar-refractivity contribution >= 4 is 11.6 Å². The lowest BCUT2D eigenvalue weighted by atomic mass is 9.94. The molecule has 106 valence electrons. The molecule has 2 N–H and O–H groups in total. The molecule has 1 aromatic heterocycles. The lowest BCUT2D eigenvalue weighted by Crippen LogP contribution is -2.43. The van der Waals surface area contributed by atoms with Gasteiger partial charge in [0, 0.05) is 18.0 Å². The number of halogens is 1. The summed E-state index contributed by atoms with van der Waals surface area (Å²) in [6, 6.07) is 7.51. The van der Waals surface area contributed by atoms with Gasteiger partial charge in [-0.3, -0.25) is 0 Å². The van der Waals surface area contributed by atoms with Crippen molar-refractivity contribution in [1.29, 1.82) is 0 Å². The number of nitrogens with zero attached hydrogens (tertiary/aromatic N) is 2. The summed E-state index contributed by atoms with van der Waals surface area (Å²) >= 11 is 5.85. The highest BCUT2D eigenvalue weighted by Gasteiger charge is 2.36. The molecule has 0 radical (unpaired) electrons. The number of β-amino-alcohol motifs (C(OH)–C–C–N with tert-alkyl or cyclic N) is 1. The van der Waals surface area contributed by atoms with Gasteiger partial charge in [-0.05, 0) is 37.1 Å². The van der Waals surface area contributed by atoms with Gasteiger partial charge in [0.15, 0.2) is 11.4 Å². The molecule has 0 aliphatic carbocycles. The Morgan fingerprint density at radius 3 is 2.85 bits per heavy atom. The molecule has 0 spiro atoms. The zero-order valence-corrected chi connectivity index (χ0v) is 11.7. The van der Waals surface area contributed by atoms with Gasteiger partial charge in [0.25, 0.3) is 5.89 Å². The second-order valence-electron chi connectivity index (χ2n) is 5.13. The number of rotatable bonds is 3. The highest BCUT2D eigenvalue weighted by molar-refractivity contribution is 6.30. The van der Waals surface area contributed by atoms with Crippen LogP contribution in [0.15, 0.2) is 28.8 Å². The topological polar surface area (TPSA) is 71.2 Å². The fourth-order valence-corrected chi connectivity index (χ4v) is 2.50. The summed E-state index contributed by atoms with van der Waals surface area (Å²) in [7, 11) is 0. The Bertz CT molecular complexity index is 576. The van der Waals surface area contributed by atoms with E-state index in [9.17, 15) is 5.11 Å². The summed E-state index contributed by atoms with van der Waals surface area (Å²) in [6.07, 6.45) is 2.10. The normalized spacial score (nSPS) is 22.9. The highest BCUT2D eigenvalue weighted by Crippen LogP contribution is 2.27. The molecule has 1 aliphatic heterocycles. The summed E-state index contributed by atoms with van der Waals surface area (Å²) in [4.78, 5) is 4.32. The van der Waals surface area contributed by atoms with E-state index in [1.54, 1.807) is 0 Å². The van der Waals surface area contributed by atoms with Gasteiger partial charge in [-0.25, -0.2) is 0 Å². The zero-order valence-electron chi connectivity index (χ0n) is 11.0. The molecule has 2 heterocycles. The number of hydrogen-bond donors (Lipinski definition) is 2. The van der Waals surface area contributed by atoms with E-state index in [4.69, 9.17) is 16.1 Å². The van der Waals surface area contributed by atoms with Crippen LogP contribution < -0.4 is 5.32 Å². The smallest absolute Gasteiger partial charge is 0.259 e. The molecule has 6 heteroatoms. The fourth-order valence-electron chi connectivity index (χ4n) is 2.37. The summed E-state index contributed by atoms with van der Waals surface area (Å²) in [5.74, 6) is 0.870. The zero-order chi connectivity index (χ0) is 14.0. The van der Waals surface area contributed by atoms with Crippen molar-refractivity contribution in [3.05, 3.63) is 46.6 Å². The predicted octanol–water partition coefficient (Wildman–Crippen LogP) is 1.88. The maximum absolute atomic E-state index is 10.5. The van der Waals surface area contributed by atoms with E-state index in [1.807, 2.05) is 24.3 Å². The third kappa shape index (κ3) is 2.85. The van der Waals surface area contributed by atoms with Gasteiger partial charge < -0.3 is 14.9 Å². The quantitative estimate of drug-likeness (QED) is 0.904. The van der Waals surface area contributed by atoms with E-state index < -0.39 is 5.60 Å². The minimum absolute atomic E-state index is 0.300. The van der Waals surface area contributed by atoms with Crippen LogP contribution in [0.2, 0.25) is 5.02 Å². The predicted molar refractivity (Wildman–Crippen MR) is 74.6 cm³/mol. The Morgan fingerprint density at radius 1 is 1.35 bits per heavy atom. The van der Waals surface area contributed by atoms with Crippen LogP contribution in [0.1, 0.15) is 30.1 Å². The number of aliphatic hydroxyl groups is 1. The number of hydrogen-bond acceptors (Lipinski definition) is 5. The van der Waals surface area contributed by atoms with Crippen LogP contribution >= 0.6 is 11.6 Å². The second-order valence-corrected chi connectivity index (χ2v) is 5.57. The van der Waals surface area contributed by atoms with E-state index in [2.05, 4.69) is 15.5 Å². The van der Waals surface area contributed by atoms with Crippen molar-refractivity contribution in [1.82, 2.24) is 15.5 Å². The number of benzene rings is 1. The molecule has 20 heavy (non-hydrogen) atoms. The van der Waals surface area contributed by atoms with Crippen molar-refractivity contribution in [3.63, 3.8) is 0 Å². The van der Waals surface area contributed by atoms with E-state index in [0.29, 0.717) is 36.1 Å². The molecule has 3 rings (SSSR count). The van der Waals surface area contributed by atoms with Gasteiger partial charge in [0.2, 0.25) is 0 Å².